The number of rotatable bonds is 6. The Balaban J connectivity index is 1.32. The fourth-order valence-electron chi connectivity index (χ4n) is 4.96. The van der Waals surface area contributed by atoms with E-state index in [2.05, 4.69) is 35.3 Å². The van der Waals surface area contributed by atoms with Crippen LogP contribution >= 0.6 is 0 Å². The first-order valence-corrected chi connectivity index (χ1v) is 12.8. The highest BCUT2D eigenvalue weighted by Gasteiger charge is 2.31. The third-order valence-electron chi connectivity index (χ3n) is 6.87. The van der Waals surface area contributed by atoms with E-state index in [4.69, 9.17) is 11.5 Å². The Morgan fingerprint density at radius 2 is 1.63 bits per heavy atom. The topological polar surface area (TPSA) is 153 Å². The van der Waals surface area contributed by atoms with E-state index in [1.165, 1.54) is 12.7 Å². The molecule has 6 N–H and O–H groups in total. The highest BCUT2D eigenvalue weighted by molar-refractivity contribution is 6.05. The number of carbonyl (C=O) groups is 1. The molecule has 1 aromatic heterocycles. The molecule has 12 nitrogen and oxygen atoms in total. The molecule has 3 heterocycles. The highest BCUT2D eigenvalue weighted by Crippen LogP contribution is 2.33. The van der Waals surface area contributed by atoms with Crippen LogP contribution in [0.2, 0.25) is 0 Å². The number of phenols is 1. The molecule has 200 valence electrons. The van der Waals surface area contributed by atoms with Crippen LogP contribution in [0.25, 0.3) is 0 Å². The van der Waals surface area contributed by atoms with Crippen LogP contribution in [-0.2, 0) is 0 Å². The molecule has 0 saturated carbocycles. The van der Waals surface area contributed by atoms with Gasteiger partial charge in [-0.2, -0.15) is 9.97 Å². The zero-order valence-electron chi connectivity index (χ0n) is 21.4. The van der Waals surface area contributed by atoms with Crippen LogP contribution in [0, 0.1) is 6.92 Å². The van der Waals surface area contributed by atoms with Gasteiger partial charge in [0.2, 0.25) is 5.95 Å². The van der Waals surface area contributed by atoms with Crippen LogP contribution in [0.3, 0.4) is 0 Å². The van der Waals surface area contributed by atoms with E-state index in [0.29, 0.717) is 36.0 Å². The lowest BCUT2D eigenvalue weighted by molar-refractivity contribution is -0.0761. The number of piperazine rings is 1. The van der Waals surface area contributed by atoms with Crippen LogP contribution < -0.4 is 21.8 Å². The minimum Gasteiger partial charge on any atom is -0.506 e. The van der Waals surface area contributed by atoms with Gasteiger partial charge in [-0.25, -0.2) is 25.0 Å². The van der Waals surface area contributed by atoms with Gasteiger partial charge in [-0.3, -0.25) is 4.79 Å². The lowest BCUT2D eigenvalue weighted by atomic mass is 10.0. The van der Waals surface area contributed by atoms with Crippen molar-refractivity contribution in [3.05, 3.63) is 66.2 Å². The molecule has 1 amide bonds. The van der Waals surface area contributed by atoms with Gasteiger partial charge in [0.25, 0.3) is 5.91 Å². The second kappa shape index (κ2) is 11.4. The standard InChI is InChI=1S/C26H34N10O2/c1-18-2-4-19(5-3-18)25(38)32-23-7-6-22(13-24(23)37)36(26-30-16-29-17-31-26)34-10-8-33(9-11-34)35-14-20(27)12-21(28)15-35/h2-7,13,16-17,20-21,37H,8-12,14-15,27-28H2,1H3,(H,32,38). The van der Waals surface area contributed by atoms with Gasteiger partial charge in [0.1, 0.15) is 18.4 Å². The first-order chi connectivity index (χ1) is 18.4. The van der Waals surface area contributed by atoms with Gasteiger partial charge in [-0.1, -0.05) is 17.7 Å². The number of nitrogens with one attached hydrogen (secondary N) is 1. The smallest absolute Gasteiger partial charge is 0.255 e. The molecule has 5 rings (SSSR count). The molecule has 38 heavy (non-hydrogen) atoms. The van der Waals surface area contributed by atoms with E-state index >= 15 is 0 Å². The predicted molar refractivity (Wildman–Crippen MR) is 144 cm³/mol. The van der Waals surface area contributed by atoms with Crippen molar-refractivity contribution in [2.24, 2.45) is 11.5 Å². The van der Waals surface area contributed by atoms with E-state index in [1.54, 1.807) is 24.3 Å². The number of amides is 1. The monoisotopic (exact) mass is 518 g/mol. The molecule has 2 saturated heterocycles. The number of hydrogen-bond donors (Lipinski definition) is 4. The predicted octanol–water partition coefficient (Wildman–Crippen LogP) is 1.08. The van der Waals surface area contributed by atoms with Gasteiger partial charge in [0.05, 0.1) is 11.4 Å². The van der Waals surface area contributed by atoms with E-state index in [9.17, 15) is 9.90 Å². The molecule has 2 atom stereocenters. The van der Waals surface area contributed by atoms with Crippen molar-refractivity contribution in [2.45, 2.75) is 25.4 Å². The Morgan fingerprint density at radius 3 is 2.26 bits per heavy atom. The first-order valence-electron chi connectivity index (χ1n) is 12.8. The van der Waals surface area contributed by atoms with Crippen molar-refractivity contribution in [3.8, 4) is 5.75 Å². The fourth-order valence-corrected chi connectivity index (χ4v) is 4.96. The molecule has 2 unspecified atom stereocenters. The zero-order valence-corrected chi connectivity index (χ0v) is 21.4. The van der Waals surface area contributed by atoms with Crippen molar-refractivity contribution in [3.63, 3.8) is 0 Å². The summed E-state index contributed by atoms with van der Waals surface area (Å²) < 4.78 is 0. The first kappa shape index (κ1) is 25.9. The summed E-state index contributed by atoms with van der Waals surface area (Å²) in [4.78, 5) is 25.3. The number of nitrogens with two attached hydrogens (primary N) is 2. The molecule has 2 aromatic carbocycles. The minimum absolute atomic E-state index is 0.0584. The Morgan fingerprint density at radius 1 is 0.974 bits per heavy atom. The maximum atomic E-state index is 12.7. The van der Waals surface area contributed by atoms with Crippen molar-refractivity contribution >= 4 is 23.2 Å². The summed E-state index contributed by atoms with van der Waals surface area (Å²) in [5.41, 5.74) is 15.0. The molecule has 3 aromatic rings. The second-order valence-corrected chi connectivity index (χ2v) is 9.81. The summed E-state index contributed by atoms with van der Waals surface area (Å²) in [6, 6.07) is 12.5. The molecular formula is C26H34N10O2. The summed E-state index contributed by atoms with van der Waals surface area (Å²) in [5, 5.41) is 22.2. The average Bonchev–Trinajstić information content (AvgIpc) is 2.91. The number of hydrazine groups is 2. The number of piperidine rings is 1. The number of hydrogen-bond acceptors (Lipinski definition) is 11. The van der Waals surface area contributed by atoms with Crippen LogP contribution in [0.1, 0.15) is 22.3 Å². The lowest BCUT2D eigenvalue weighted by Crippen LogP contribution is -2.63. The SMILES string of the molecule is Cc1ccc(C(=O)Nc2ccc(N(c3ncncn3)N3CCN(N4CC(N)CC(N)C4)CC3)cc2O)cc1. The molecule has 2 aliphatic heterocycles. The van der Waals surface area contributed by atoms with Crippen molar-refractivity contribution in [2.75, 3.05) is 49.6 Å². The Kier molecular flexibility index (Phi) is 7.77. The largest absolute Gasteiger partial charge is 0.506 e. The van der Waals surface area contributed by atoms with E-state index in [0.717, 1.165) is 38.2 Å². The number of benzene rings is 2. The van der Waals surface area contributed by atoms with Crippen LogP contribution in [0.15, 0.2) is 55.1 Å². The second-order valence-electron chi connectivity index (χ2n) is 9.81. The van der Waals surface area contributed by atoms with E-state index < -0.39 is 0 Å². The van der Waals surface area contributed by atoms with E-state index in [1.807, 2.05) is 30.1 Å². The number of anilines is 3. The highest BCUT2D eigenvalue weighted by atomic mass is 16.3. The third-order valence-corrected chi connectivity index (χ3v) is 6.87. The molecular weight excluding hydrogens is 484 g/mol. The summed E-state index contributed by atoms with van der Waals surface area (Å²) in [6.45, 7) is 6.50. The summed E-state index contributed by atoms with van der Waals surface area (Å²) in [6.07, 6.45) is 3.73. The van der Waals surface area contributed by atoms with Gasteiger partial charge in [-0.15, -0.1) is 0 Å². The van der Waals surface area contributed by atoms with Gasteiger partial charge in [0.15, 0.2) is 0 Å². The number of phenolic OH excluding ortho intramolecular Hbond substituents is 1. The van der Waals surface area contributed by atoms with Crippen molar-refractivity contribution in [1.82, 2.24) is 30.0 Å². The number of aromatic nitrogens is 3. The van der Waals surface area contributed by atoms with Crippen molar-refractivity contribution < 1.29 is 9.90 Å². The number of carbonyl (C=O) groups excluding carboxylic acids is 1. The molecule has 0 spiro atoms. The fraction of sp³-hybridized carbons (Fsp3) is 0.385. The number of aryl methyl sites for hydroxylation is 1. The molecule has 12 heteroatoms. The Labute approximate surface area is 221 Å². The van der Waals surface area contributed by atoms with Gasteiger partial charge in [0, 0.05) is 63.0 Å². The lowest BCUT2D eigenvalue weighted by Gasteiger charge is -2.47. The number of aromatic hydroxyl groups is 1. The quantitative estimate of drug-likeness (QED) is 0.347. The Hall–Kier alpha value is -3.68. The zero-order chi connectivity index (χ0) is 26.6. The normalized spacial score (nSPS) is 21.2. The summed E-state index contributed by atoms with van der Waals surface area (Å²) in [7, 11) is 0. The van der Waals surface area contributed by atoms with Gasteiger partial charge >= 0.3 is 0 Å². The van der Waals surface area contributed by atoms with E-state index in [-0.39, 0.29) is 23.7 Å². The molecule has 0 aliphatic carbocycles. The maximum Gasteiger partial charge on any atom is 0.255 e. The van der Waals surface area contributed by atoms with Gasteiger partial charge < -0.3 is 21.9 Å². The summed E-state index contributed by atoms with van der Waals surface area (Å²) >= 11 is 0. The maximum absolute atomic E-state index is 12.7. The minimum atomic E-state index is -0.296. The Bertz CT molecular complexity index is 1220. The summed E-state index contributed by atoms with van der Waals surface area (Å²) in [5.74, 6) is 0.0823. The van der Waals surface area contributed by atoms with Crippen LogP contribution in [-0.4, -0.2) is 92.3 Å². The van der Waals surface area contributed by atoms with Crippen LogP contribution in [0.5, 0.6) is 5.75 Å². The average molecular weight is 519 g/mol. The molecule has 0 bridgehead atoms. The molecule has 0 radical (unpaired) electrons. The third kappa shape index (κ3) is 5.90. The number of nitrogens with zero attached hydrogens (tertiary/aromatic N) is 7. The van der Waals surface area contributed by atoms with Crippen LogP contribution in [0.4, 0.5) is 17.3 Å². The molecule has 2 aliphatic rings. The van der Waals surface area contributed by atoms with Gasteiger partial charge in [-0.05, 0) is 37.6 Å². The molecule has 2 fully saturated rings. The van der Waals surface area contributed by atoms with Crippen molar-refractivity contribution in [1.29, 1.82) is 0 Å².